The molecule has 1 aromatic rings. The normalized spacial score (nSPS) is 24.1. The molecule has 31 heavy (non-hydrogen) atoms. The van der Waals surface area contributed by atoms with Crippen molar-refractivity contribution < 1.29 is 13.2 Å². The summed E-state index contributed by atoms with van der Waals surface area (Å²) in [5.41, 5.74) is 1.01. The zero-order valence-electron chi connectivity index (χ0n) is 18.5. The summed E-state index contributed by atoms with van der Waals surface area (Å²) in [4.78, 5) is 10.1. The summed E-state index contributed by atoms with van der Waals surface area (Å²) in [6.45, 7) is 10.4. The van der Waals surface area contributed by atoms with E-state index in [1.54, 1.807) is 16.4 Å². The fourth-order valence-corrected chi connectivity index (χ4v) is 6.13. The van der Waals surface area contributed by atoms with Crippen LogP contribution in [-0.2, 0) is 21.3 Å². The van der Waals surface area contributed by atoms with E-state index in [9.17, 15) is 8.42 Å². The van der Waals surface area contributed by atoms with Gasteiger partial charge >= 0.3 is 0 Å². The Morgan fingerprint density at radius 3 is 2.48 bits per heavy atom. The molecule has 0 aliphatic carbocycles. The number of nitrogens with zero attached hydrogens (tertiary/aromatic N) is 4. The predicted molar refractivity (Wildman–Crippen MR) is 122 cm³/mol. The van der Waals surface area contributed by atoms with Gasteiger partial charge in [0, 0.05) is 51.9 Å². The van der Waals surface area contributed by atoms with E-state index in [4.69, 9.17) is 9.73 Å². The number of likely N-dealkylation sites (tertiary alicyclic amines) is 1. The fraction of sp³-hybridized carbons (Fsp3) is 0.682. The summed E-state index contributed by atoms with van der Waals surface area (Å²) in [7, 11) is -3.36. The van der Waals surface area contributed by atoms with Crippen LogP contribution < -0.4 is 5.32 Å². The summed E-state index contributed by atoms with van der Waals surface area (Å²) in [5, 5.41) is 3.42. The molecule has 1 atom stereocenters. The molecule has 4 rings (SSSR count). The number of sulfonamides is 1. The van der Waals surface area contributed by atoms with Crippen LogP contribution in [-0.4, -0.2) is 93.6 Å². The van der Waals surface area contributed by atoms with Gasteiger partial charge in [0.1, 0.15) is 0 Å². The molecule has 3 saturated heterocycles. The lowest BCUT2D eigenvalue weighted by Crippen LogP contribution is -2.46. The Kier molecular flexibility index (Phi) is 7.47. The van der Waals surface area contributed by atoms with E-state index in [-0.39, 0.29) is 0 Å². The van der Waals surface area contributed by atoms with E-state index < -0.39 is 10.0 Å². The van der Waals surface area contributed by atoms with Crippen LogP contribution in [0.3, 0.4) is 0 Å². The molecule has 1 unspecified atom stereocenters. The Bertz CT molecular complexity index is 846. The average molecular weight is 450 g/mol. The third kappa shape index (κ3) is 5.39. The molecule has 3 fully saturated rings. The fourth-order valence-electron chi connectivity index (χ4n) is 4.61. The molecule has 1 aromatic carbocycles. The minimum Gasteiger partial charge on any atom is -0.379 e. The van der Waals surface area contributed by atoms with Gasteiger partial charge in [-0.2, -0.15) is 4.31 Å². The van der Waals surface area contributed by atoms with Crippen molar-refractivity contribution in [1.29, 1.82) is 0 Å². The second-order valence-electron chi connectivity index (χ2n) is 8.46. The number of guanidine groups is 1. The molecule has 3 aliphatic heterocycles. The molecule has 0 radical (unpaired) electrons. The predicted octanol–water partition coefficient (Wildman–Crippen LogP) is 1.34. The molecule has 172 valence electrons. The first-order chi connectivity index (χ1) is 15.1. The van der Waals surface area contributed by atoms with E-state index in [0.29, 0.717) is 30.6 Å². The van der Waals surface area contributed by atoms with Crippen molar-refractivity contribution in [2.75, 3.05) is 59.0 Å². The zero-order chi connectivity index (χ0) is 21.7. The number of ether oxygens (including phenoxy) is 1. The van der Waals surface area contributed by atoms with Crippen LogP contribution in [0.4, 0.5) is 0 Å². The van der Waals surface area contributed by atoms with Crippen LogP contribution in [0.2, 0.25) is 0 Å². The Hall–Kier alpha value is -1.68. The molecular weight excluding hydrogens is 414 g/mol. The zero-order valence-corrected chi connectivity index (χ0v) is 19.3. The van der Waals surface area contributed by atoms with Crippen LogP contribution in [0.5, 0.6) is 0 Å². The van der Waals surface area contributed by atoms with E-state index in [1.165, 1.54) is 0 Å². The molecule has 0 spiro atoms. The Morgan fingerprint density at radius 1 is 1.10 bits per heavy atom. The highest BCUT2D eigenvalue weighted by Gasteiger charge is 2.30. The lowest BCUT2D eigenvalue weighted by atomic mass is 10.2. The highest BCUT2D eigenvalue weighted by molar-refractivity contribution is 7.89. The third-order valence-corrected chi connectivity index (χ3v) is 8.31. The van der Waals surface area contributed by atoms with Gasteiger partial charge in [0.2, 0.25) is 10.0 Å². The second kappa shape index (κ2) is 10.3. The van der Waals surface area contributed by atoms with Gasteiger partial charge < -0.3 is 15.0 Å². The van der Waals surface area contributed by atoms with Crippen molar-refractivity contribution in [3.63, 3.8) is 0 Å². The molecule has 9 heteroatoms. The van der Waals surface area contributed by atoms with E-state index in [0.717, 1.165) is 76.7 Å². The Labute approximate surface area is 186 Å². The smallest absolute Gasteiger partial charge is 0.243 e. The Morgan fingerprint density at radius 2 is 1.81 bits per heavy atom. The quantitative estimate of drug-likeness (QED) is 0.522. The molecule has 8 nitrogen and oxygen atoms in total. The van der Waals surface area contributed by atoms with Crippen molar-refractivity contribution in [3.05, 3.63) is 29.8 Å². The molecule has 1 N–H and O–H groups in total. The van der Waals surface area contributed by atoms with Crippen molar-refractivity contribution >= 4 is 16.0 Å². The van der Waals surface area contributed by atoms with Gasteiger partial charge in [0.05, 0.1) is 24.7 Å². The van der Waals surface area contributed by atoms with Crippen LogP contribution in [0, 0.1) is 0 Å². The van der Waals surface area contributed by atoms with E-state index in [1.807, 2.05) is 12.1 Å². The number of morpholine rings is 1. The number of aliphatic imine (C=N–C) groups is 1. The summed E-state index contributed by atoms with van der Waals surface area (Å²) in [5.74, 6) is 0.937. The lowest BCUT2D eigenvalue weighted by molar-refractivity contribution is 0.0195. The monoisotopic (exact) mass is 449 g/mol. The number of nitrogens with one attached hydrogen (secondary N) is 1. The highest BCUT2D eigenvalue weighted by atomic mass is 32.2. The second-order valence-corrected chi connectivity index (χ2v) is 10.4. The third-order valence-electron chi connectivity index (χ3n) is 6.40. The summed E-state index contributed by atoms with van der Waals surface area (Å²) in [6, 6.07) is 7.77. The number of rotatable bonds is 6. The standard InChI is InChI=1S/C22H35N5O3S/c1-2-23-22(26-12-9-20(18-26)25-13-15-30-16-14-25)24-17-19-5-7-21(8-6-19)31(28,29)27-10-3-4-11-27/h5-8,20H,2-4,9-18H2,1H3,(H,23,24). The van der Waals surface area contributed by atoms with Crippen molar-refractivity contribution in [2.24, 2.45) is 4.99 Å². The van der Waals surface area contributed by atoms with E-state index >= 15 is 0 Å². The van der Waals surface area contributed by atoms with Crippen molar-refractivity contribution in [3.8, 4) is 0 Å². The molecule has 3 aliphatic rings. The van der Waals surface area contributed by atoms with Gasteiger partial charge in [-0.05, 0) is 43.9 Å². The van der Waals surface area contributed by atoms with Crippen LogP contribution in [0.25, 0.3) is 0 Å². The molecule has 3 heterocycles. The van der Waals surface area contributed by atoms with Gasteiger partial charge in [0.15, 0.2) is 5.96 Å². The molecule has 0 saturated carbocycles. The number of benzene rings is 1. The van der Waals surface area contributed by atoms with Gasteiger partial charge in [-0.3, -0.25) is 4.90 Å². The minimum absolute atomic E-state index is 0.377. The lowest BCUT2D eigenvalue weighted by Gasteiger charge is -2.32. The maximum Gasteiger partial charge on any atom is 0.243 e. The average Bonchev–Trinajstić information content (AvgIpc) is 3.50. The molecule has 0 bridgehead atoms. The van der Waals surface area contributed by atoms with Crippen molar-refractivity contribution in [1.82, 2.24) is 19.4 Å². The van der Waals surface area contributed by atoms with Gasteiger partial charge in [-0.1, -0.05) is 12.1 Å². The van der Waals surface area contributed by atoms with Crippen LogP contribution in [0.15, 0.2) is 34.2 Å². The molecule has 0 aromatic heterocycles. The summed E-state index contributed by atoms with van der Waals surface area (Å²) >= 11 is 0. The maximum atomic E-state index is 12.7. The van der Waals surface area contributed by atoms with Gasteiger partial charge in [0.25, 0.3) is 0 Å². The first-order valence-electron chi connectivity index (χ1n) is 11.5. The highest BCUT2D eigenvalue weighted by Crippen LogP contribution is 2.21. The molecule has 0 amide bonds. The molecular formula is C22H35N5O3S. The SMILES string of the molecule is CCNC(=NCc1ccc(S(=O)(=O)N2CCCC2)cc1)N1CCC(N2CCOCC2)C1. The first kappa shape index (κ1) is 22.5. The van der Waals surface area contributed by atoms with E-state index in [2.05, 4.69) is 22.0 Å². The largest absolute Gasteiger partial charge is 0.379 e. The first-order valence-corrected chi connectivity index (χ1v) is 13.0. The topological polar surface area (TPSA) is 77.5 Å². The minimum atomic E-state index is -3.36. The summed E-state index contributed by atoms with van der Waals surface area (Å²) < 4.78 is 32.5. The van der Waals surface area contributed by atoms with Gasteiger partial charge in [-0.15, -0.1) is 0 Å². The number of hydrogen-bond acceptors (Lipinski definition) is 5. The summed E-state index contributed by atoms with van der Waals surface area (Å²) in [6.07, 6.45) is 3.04. The number of hydrogen-bond donors (Lipinski definition) is 1. The Balaban J connectivity index is 1.38. The van der Waals surface area contributed by atoms with Crippen molar-refractivity contribution in [2.45, 2.75) is 43.7 Å². The van der Waals surface area contributed by atoms with Crippen LogP contribution >= 0.6 is 0 Å². The van der Waals surface area contributed by atoms with Crippen LogP contribution in [0.1, 0.15) is 31.7 Å². The maximum absolute atomic E-state index is 12.7. The van der Waals surface area contributed by atoms with Gasteiger partial charge in [-0.25, -0.2) is 13.4 Å².